The van der Waals surface area contributed by atoms with Gasteiger partial charge in [-0.25, -0.2) is 0 Å². The van der Waals surface area contributed by atoms with Crippen molar-refractivity contribution in [3.8, 4) is 17.6 Å². The van der Waals surface area contributed by atoms with Gasteiger partial charge >= 0.3 is 0 Å². The van der Waals surface area contributed by atoms with Crippen LogP contribution in [0.25, 0.3) is 0 Å². The lowest BCUT2D eigenvalue weighted by Crippen LogP contribution is -2.00. The first-order valence-electron chi connectivity index (χ1n) is 6.32. The Hall–Kier alpha value is -2.47. The van der Waals surface area contributed by atoms with Crippen molar-refractivity contribution in [2.24, 2.45) is 0 Å². The zero-order valence-corrected chi connectivity index (χ0v) is 10.7. The predicted octanol–water partition coefficient (Wildman–Crippen LogP) is 4.19. The summed E-state index contributed by atoms with van der Waals surface area (Å²) < 4.78 is 5.75. The predicted molar refractivity (Wildman–Crippen MR) is 76.3 cm³/mol. The van der Waals surface area contributed by atoms with Crippen LogP contribution in [0.3, 0.4) is 0 Å². The summed E-state index contributed by atoms with van der Waals surface area (Å²) in [6.07, 6.45) is 1.42. The normalized spacial score (nSPS) is 9.63. The fraction of sp³-hybridized carbons (Fsp3) is 0.188. The second-order valence-electron chi connectivity index (χ2n) is 4.13. The Kier molecular flexibility index (Phi) is 4.83. The third-order valence-corrected chi connectivity index (χ3v) is 2.61. The Morgan fingerprint density at radius 1 is 1.00 bits per heavy atom. The van der Waals surface area contributed by atoms with Gasteiger partial charge in [-0.3, -0.25) is 0 Å². The first-order chi connectivity index (χ1) is 9.38. The van der Waals surface area contributed by atoms with Crippen LogP contribution in [0.4, 0.5) is 5.69 Å². The summed E-state index contributed by atoms with van der Waals surface area (Å²) in [5, 5.41) is 11.7. The van der Waals surface area contributed by atoms with Crippen molar-refractivity contribution >= 4 is 5.69 Å². The summed E-state index contributed by atoms with van der Waals surface area (Å²) in [7, 11) is 0. The lowest BCUT2D eigenvalue weighted by Gasteiger charge is -2.09. The maximum Gasteiger partial charge on any atom is 0.129 e. The standard InChI is InChI=1S/C16H16N2O/c17-11-4-5-12-18-14-7-6-10-16(13-14)19-15-8-2-1-3-9-15/h1-3,6-10,13,18H,4-5,12H2. The summed E-state index contributed by atoms with van der Waals surface area (Å²) in [6.45, 7) is 0.794. The molecular weight excluding hydrogens is 236 g/mol. The molecule has 0 radical (unpaired) electrons. The van der Waals surface area contributed by atoms with E-state index in [1.54, 1.807) is 0 Å². The Bertz CT molecular complexity index is 546. The van der Waals surface area contributed by atoms with Crippen molar-refractivity contribution < 1.29 is 4.74 Å². The van der Waals surface area contributed by atoms with Crippen molar-refractivity contribution in [3.63, 3.8) is 0 Å². The van der Waals surface area contributed by atoms with Crippen LogP contribution >= 0.6 is 0 Å². The molecule has 0 aromatic heterocycles. The quantitative estimate of drug-likeness (QED) is 0.784. The van der Waals surface area contributed by atoms with Crippen molar-refractivity contribution in [3.05, 3.63) is 54.6 Å². The zero-order valence-electron chi connectivity index (χ0n) is 10.7. The van der Waals surface area contributed by atoms with Crippen LogP contribution in [0, 0.1) is 11.3 Å². The van der Waals surface area contributed by atoms with E-state index in [-0.39, 0.29) is 0 Å². The molecule has 2 aromatic rings. The van der Waals surface area contributed by atoms with Gasteiger partial charge in [-0.2, -0.15) is 5.26 Å². The molecule has 0 bridgehead atoms. The van der Waals surface area contributed by atoms with Gasteiger partial charge in [-0.1, -0.05) is 24.3 Å². The second-order valence-corrected chi connectivity index (χ2v) is 4.13. The highest BCUT2D eigenvalue weighted by Crippen LogP contribution is 2.23. The molecule has 0 heterocycles. The Morgan fingerprint density at radius 3 is 2.58 bits per heavy atom. The maximum atomic E-state index is 8.47. The van der Waals surface area contributed by atoms with E-state index in [1.807, 2.05) is 54.6 Å². The van der Waals surface area contributed by atoms with Gasteiger partial charge in [-0.15, -0.1) is 0 Å². The number of ether oxygens (including phenoxy) is 1. The average molecular weight is 252 g/mol. The molecule has 0 saturated heterocycles. The van der Waals surface area contributed by atoms with Crippen molar-refractivity contribution in [2.75, 3.05) is 11.9 Å². The number of para-hydroxylation sites is 1. The van der Waals surface area contributed by atoms with E-state index in [2.05, 4.69) is 11.4 Å². The molecule has 3 nitrogen and oxygen atoms in total. The van der Waals surface area contributed by atoms with Crippen LogP contribution in [0.1, 0.15) is 12.8 Å². The van der Waals surface area contributed by atoms with Gasteiger partial charge in [-0.05, 0) is 30.7 Å². The van der Waals surface area contributed by atoms with E-state index < -0.39 is 0 Å². The number of hydrogen-bond donors (Lipinski definition) is 1. The molecule has 0 saturated carbocycles. The van der Waals surface area contributed by atoms with Crippen molar-refractivity contribution in [1.29, 1.82) is 5.26 Å². The fourth-order valence-electron chi connectivity index (χ4n) is 1.69. The molecular formula is C16H16N2O. The molecule has 0 aliphatic carbocycles. The molecule has 3 heteroatoms. The monoisotopic (exact) mass is 252 g/mol. The lowest BCUT2D eigenvalue weighted by atomic mass is 10.2. The summed E-state index contributed by atoms with van der Waals surface area (Å²) in [6, 6.07) is 19.6. The molecule has 2 aromatic carbocycles. The molecule has 0 unspecified atom stereocenters. The van der Waals surface area contributed by atoms with E-state index in [1.165, 1.54) is 0 Å². The summed E-state index contributed by atoms with van der Waals surface area (Å²) in [4.78, 5) is 0. The molecule has 0 amide bonds. The SMILES string of the molecule is N#CCCCNc1cccc(Oc2ccccc2)c1. The molecule has 0 aliphatic rings. The van der Waals surface area contributed by atoms with Crippen molar-refractivity contribution in [2.45, 2.75) is 12.8 Å². The number of hydrogen-bond acceptors (Lipinski definition) is 3. The summed E-state index contributed by atoms with van der Waals surface area (Å²) in [5.74, 6) is 1.63. The largest absolute Gasteiger partial charge is 0.457 e. The number of nitriles is 1. The molecule has 0 atom stereocenters. The van der Waals surface area contributed by atoms with Gasteiger partial charge in [0, 0.05) is 24.7 Å². The molecule has 1 N–H and O–H groups in total. The van der Waals surface area contributed by atoms with E-state index >= 15 is 0 Å². The number of anilines is 1. The molecule has 0 aliphatic heterocycles. The fourth-order valence-corrected chi connectivity index (χ4v) is 1.69. The van der Waals surface area contributed by atoms with Gasteiger partial charge in [0.1, 0.15) is 11.5 Å². The molecule has 2 rings (SSSR count). The van der Waals surface area contributed by atoms with E-state index in [4.69, 9.17) is 10.00 Å². The topological polar surface area (TPSA) is 45.0 Å². The van der Waals surface area contributed by atoms with Gasteiger partial charge in [0.25, 0.3) is 0 Å². The first kappa shape index (κ1) is 13.0. The molecule has 19 heavy (non-hydrogen) atoms. The maximum absolute atomic E-state index is 8.47. The number of nitrogens with one attached hydrogen (secondary N) is 1. The second kappa shape index (κ2) is 7.07. The third kappa shape index (κ3) is 4.36. The minimum Gasteiger partial charge on any atom is -0.457 e. The zero-order chi connectivity index (χ0) is 13.3. The Morgan fingerprint density at radius 2 is 1.79 bits per heavy atom. The first-order valence-corrected chi connectivity index (χ1v) is 6.32. The van der Waals surface area contributed by atoms with Crippen LogP contribution < -0.4 is 10.1 Å². The average Bonchev–Trinajstić information content (AvgIpc) is 2.45. The van der Waals surface area contributed by atoms with Gasteiger partial charge in [0.15, 0.2) is 0 Å². The number of rotatable bonds is 6. The van der Waals surface area contributed by atoms with Crippen LogP contribution in [0.15, 0.2) is 54.6 Å². The smallest absolute Gasteiger partial charge is 0.129 e. The minimum absolute atomic E-state index is 0.577. The summed E-state index contributed by atoms with van der Waals surface area (Å²) in [5.41, 5.74) is 1.01. The third-order valence-electron chi connectivity index (χ3n) is 2.61. The molecule has 0 spiro atoms. The van der Waals surface area contributed by atoms with Crippen LogP contribution in [0.2, 0.25) is 0 Å². The van der Waals surface area contributed by atoms with Crippen LogP contribution in [-0.4, -0.2) is 6.54 Å². The van der Waals surface area contributed by atoms with Crippen molar-refractivity contribution in [1.82, 2.24) is 0 Å². The van der Waals surface area contributed by atoms with Crippen LogP contribution in [0.5, 0.6) is 11.5 Å². The van der Waals surface area contributed by atoms with E-state index in [0.29, 0.717) is 6.42 Å². The Balaban J connectivity index is 1.94. The lowest BCUT2D eigenvalue weighted by molar-refractivity contribution is 0.483. The van der Waals surface area contributed by atoms with Gasteiger partial charge in [0.05, 0.1) is 6.07 Å². The number of benzene rings is 2. The van der Waals surface area contributed by atoms with Gasteiger partial charge in [0.2, 0.25) is 0 Å². The summed E-state index contributed by atoms with van der Waals surface area (Å²) >= 11 is 0. The van der Waals surface area contributed by atoms with Crippen LogP contribution in [-0.2, 0) is 0 Å². The highest BCUT2D eigenvalue weighted by Gasteiger charge is 1.98. The highest BCUT2D eigenvalue weighted by molar-refractivity contribution is 5.49. The molecule has 96 valence electrons. The molecule has 0 fully saturated rings. The van der Waals surface area contributed by atoms with Gasteiger partial charge < -0.3 is 10.1 Å². The number of unbranched alkanes of at least 4 members (excludes halogenated alkanes) is 1. The number of nitrogens with zero attached hydrogens (tertiary/aromatic N) is 1. The highest BCUT2D eigenvalue weighted by atomic mass is 16.5. The van der Waals surface area contributed by atoms with E-state index in [0.717, 1.165) is 30.2 Å². The Labute approximate surface area is 113 Å². The van der Waals surface area contributed by atoms with E-state index in [9.17, 15) is 0 Å². The minimum atomic E-state index is 0.577.